The molecule has 1 N–H and O–H groups in total. The SMILES string of the molecule is CC(=O)N1CCNC(Cc2ccc(Br)cc2)C1. The number of hydrogen-bond acceptors (Lipinski definition) is 2. The number of nitrogens with one attached hydrogen (secondary N) is 1. The van der Waals surface area contributed by atoms with Gasteiger partial charge in [-0.3, -0.25) is 4.79 Å². The van der Waals surface area contributed by atoms with Gasteiger partial charge in [-0.15, -0.1) is 0 Å². The smallest absolute Gasteiger partial charge is 0.219 e. The molecule has 0 aromatic heterocycles. The highest BCUT2D eigenvalue weighted by Crippen LogP contribution is 2.13. The first-order valence-electron chi connectivity index (χ1n) is 5.88. The molecule has 1 unspecified atom stereocenters. The maximum Gasteiger partial charge on any atom is 0.219 e. The van der Waals surface area contributed by atoms with Crippen molar-refractivity contribution in [2.75, 3.05) is 19.6 Å². The Morgan fingerprint density at radius 2 is 2.18 bits per heavy atom. The van der Waals surface area contributed by atoms with Crippen molar-refractivity contribution in [1.29, 1.82) is 0 Å². The molecular formula is C13H17BrN2O. The molecule has 92 valence electrons. The van der Waals surface area contributed by atoms with E-state index in [0.717, 1.165) is 30.5 Å². The van der Waals surface area contributed by atoms with E-state index in [1.165, 1.54) is 5.56 Å². The second-order valence-electron chi connectivity index (χ2n) is 4.45. The summed E-state index contributed by atoms with van der Waals surface area (Å²) in [6.07, 6.45) is 0.969. The van der Waals surface area contributed by atoms with Gasteiger partial charge < -0.3 is 10.2 Å². The van der Waals surface area contributed by atoms with Gasteiger partial charge in [-0.05, 0) is 24.1 Å². The van der Waals surface area contributed by atoms with E-state index in [9.17, 15) is 4.79 Å². The number of hydrogen-bond donors (Lipinski definition) is 1. The van der Waals surface area contributed by atoms with Crippen molar-refractivity contribution in [2.24, 2.45) is 0 Å². The van der Waals surface area contributed by atoms with Crippen LogP contribution in [-0.4, -0.2) is 36.5 Å². The van der Waals surface area contributed by atoms with E-state index in [2.05, 4.69) is 45.5 Å². The first-order valence-corrected chi connectivity index (χ1v) is 6.68. The average molecular weight is 297 g/mol. The third-order valence-corrected chi connectivity index (χ3v) is 3.62. The van der Waals surface area contributed by atoms with Gasteiger partial charge in [0, 0.05) is 37.1 Å². The minimum Gasteiger partial charge on any atom is -0.340 e. The van der Waals surface area contributed by atoms with Crippen LogP contribution in [0.2, 0.25) is 0 Å². The highest BCUT2D eigenvalue weighted by atomic mass is 79.9. The summed E-state index contributed by atoms with van der Waals surface area (Å²) in [6, 6.07) is 8.73. The molecule has 1 atom stereocenters. The Morgan fingerprint density at radius 1 is 1.47 bits per heavy atom. The highest BCUT2D eigenvalue weighted by Gasteiger charge is 2.20. The standard InChI is InChI=1S/C13H17BrN2O/c1-10(17)16-7-6-15-13(9-16)8-11-2-4-12(14)5-3-11/h2-5,13,15H,6-9H2,1H3. The first-order chi connectivity index (χ1) is 8.15. The molecule has 0 spiro atoms. The fraction of sp³-hybridized carbons (Fsp3) is 0.462. The molecule has 1 amide bonds. The summed E-state index contributed by atoms with van der Waals surface area (Å²) in [6.45, 7) is 4.17. The molecule has 1 saturated heterocycles. The number of carbonyl (C=O) groups is 1. The Balaban J connectivity index is 1.94. The summed E-state index contributed by atoms with van der Waals surface area (Å²) in [5, 5.41) is 3.46. The lowest BCUT2D eigenvalue weighted by Gasteiger charge is -2.33. The van der Waals surface area contributed by atoms with Crippen LogP contribution < -0.4 is 5.32 Å². The first kappa shape index (κ1) is 12.6. The third-order valence-electron chi connectivity index (χ3n) is 3.10. The second kappa shape index (κ2) is 5.65. The number of rotatable bonds is 2. The van der Waals surface area contributed by atoms with Crippen LogP contribution in [-0.2, 0) is 11.2 Å². The zero-order chi connectivity index (χ0) is 12.3. The van der Waals surface area contributed by atoms with E-state index in [4.69, 9.17) is 0 Å². The van der Waals surface area contributed by atoms with Crippen LogP contribution >= 0.6 is 15.9 Å². The lowest BCUT2D eigenvalue weighted by atomic mass is 10.0. The number of nitrogens with zero attached hydrogens (tertiary/aromatic N) is 1. The molecular weight excluding hydrogens is 280 g/mol. The number of amides is 1. The Labute approximate surface area is 110 Å². The van der Waals surface area contributed by atoms with Crippen LogP contribution in [0.3, 0.4) is 0 Å². The summed E-state index contributed by atoms with van der Waals surface area (Å²) in [5.41, 5.74) is 1.30. The van der Waals surface area contributed by atoms with Gasteiger partial charge in [-0.1, -0.05) is 28.1 Å². The highest BCUT2D eigenvalue weighted by molar-refractivity contribution is 9.10. The van der Waals surface area contributed by atoms with E-state index in [-0.39, 0.29) is 5.91 Å². The van der Waals surface area contributed by atoms with Gasteiger partial charge in [0.25, 0.3) is 0 Å². The zero-order valence-electron chi connectivity index (χ0n) is 9.95. The predicted molar refractivity (Wildman–Crippen MR) is 71.9 cm³/mol. The lowest BCUT2D eigenvalue weighted by molar-refractivity contribution is -0.130. The Hall–Kier alpha value is -0.870. The molecule has 1 fully saturated rings. The molecule has 1 aromatic rings. The molecule has 0 bridgehead atoms. The molecule has 0 saturated carbocycles. The summed E-state index contributed by atoms with van der Waals surface area (Å²) < 4.78 is 1.10. The van der Waals surface area contributed by atoms with Crippen LogP contribution in [0, 0.1) is 0 Å². The molecule has 1 aliphatic heterocycles. The molecule has 1 heterocycles. The fourth-order valence-corrected chi connectivity index (χ4v) is 2.42. The van der Waals surface area contributed by atoms with Crippen molar-refractivity contribution in [3.8, 4) is 0 Å². The van der Waals surface area contributed by atoms with Crippen LogP contribution in [0.5, 0.6) is 0 Å². The summed E-state index contributed by atoms with van der Waals surface area (Å²) in [5.74, 6) is 0.173. The molecule has 1 aromatic carbocycles. The largest absolute Gasteiger partial charge is 0.340 e. The Kier molecular flexibility index (Phi) is 4.18. The molecule has 17 heavy (non-hydrogen) atoms. The van der Waals surface area contributed by atoms with Crippen LogP contribution in [0.1, 0.15) is 12.5 Å². The molecule has 4 heteroatoms. The number of halogens is 1. The Bertz CT molecular complexity index is 391. The van der Waals surface area contributed by atoms with Gasteiger partial charge in [-0.2, -0.15) is 0 Å². The van der Waals surface area contributed by atoms with Crippen LogP contribution in [0.4, 0.5) is 0 Å². The van der Waals surface area contributed by atoms with Crippen molar-refractivity contribution < 1.29 is 4.79 Å². The van der Waals surface area contributed by atoms with Crippen molar-refractivity contribution in [2.45, 2.75) is 19.4 Å². The van der Waals surface area contributed by atoms with Crippen molar-refractivity contribution >= 4 is 21.8 Å². The minimum atomic E-state index is 0.173. The van der Waals surface area contributed by atoms with Crippen molar-refractivity contribution in [3.05, 3.63) is 34.3 Å². The van der Waals surface area contributed by atoms with Crippen molar-refractivity contribution in [3.63, 3.8) is 0 Å². The molecule has 0 aliphatic carbocycles. The topological polar surface area (TPSA) is 32.3 Å². The van der Waals surface area contributed by atoms with E-state index < -0.39 is 0 Å². The second-order valence-corrected chi connectivity index (χ2v) is 5.36. The van der Waals surface area contributed by atoms with E-state index in [0.29, 0.717) is 6.04 Å². The Morgan fingerprint density at radius 3 is 2.82 bits per heavy atom. The number of benzene rings is 1. The van der Waals surface area contributed by atoms with Gasteiger partial charge in [0.2, 0.25) is 5.91 Å². The van der Waals surface area contributed by atoms with E-state index in [1.807, 2.05) is 4.90 Å². The van der Waals surface area contributed by atoms with Gasteiger partial charge in [0.15, 0.2) is 0 Å². The number of piperazine rings is 1. The van der Waals surface area contributed by atoms with Gasteiger partial charge >= 0.3 is 0 Å². The zero-order valence-corrected chi connectivity index (χ0v) is 11.5. The fourth-order valence-electron chi connectivity index (χ4n) is 2.15. The van der Waals surface area contributed by atoms with Gasteiger partial charge in [0.1, 0.15) is 0 Å². The van der Waals surface area contributed by atoms with Crippen LogP contribution in [0.25, 0.3) is 0 Å². The summed E-state index contributed by atoms with van der Waals surface area (Å²) in [7, 11) is 0. The predicted octanol–water partition coefficient (Wildman–Crippen LogP) is 1.81. The normalized spacial score (nSPS) is 20.4. The molecule has 3 nitrogen and oxygen atoms in total. The van der Waals surface area contributed by atoms with Gasteiger partial charge in [0.05, 0.1) is 0 Å². The number of carbonyl (C=O) groups excluding carboxylic acids is 1. The van der Waals surface area contributed by atoms with E-state index >= 15 is 0 Å². The van der Waals surface area contributed by atoms with Crippen molar-refractivity contribution in [1.82, 2.24) is 10.2 Å². The van der Waals surface area contributed by atoms with E-state index in [1.54, 1.807) is 6.92 Å². The maximum absolute atomic E-state index is 11.3. The lowest BCUT2D eigenvalue weighted by Crippen LogP contribution is -2.52. The quantitative estimate of drug-likeness (QED) is 0.903. The molecule has 0 radical (unpaired) electrons. The van der Waals surface area contributed by atoms with Gasteiger partial charge in [-0.25, -0.2) is 0 Å². The third kappa shape index (κ3) is 3.54. The minimum absolute atomic E-state index is 0.173. The molecule has 1 aliphatic rings. The average Bonchev–Trinajstić information content (AvgIpc) is 2.32. The van der Waals surface area contributed by atoms with Crippen LogP contribution in [0.15, 0.2) is 28.7 Å². The monoisotopic (exact) mass is 296 g/mol. The summed E-state index contributed by atoms with van der Waals surface area (Å²) in [4.78, 5) is 13.3. The summed E-state index contributed by atoms with van der Waals surface area (Å²) >= 11 is 3.43. The maximum atomic E-state index is 11.3. The molecule has 2 rings (SSSR count).